The Morgan fingerprint density at radius 3 is 2.69 bits per heavy atom. The molecule has 0 aromatic heterocycles. The van der Waals surface area contributed by atoms with Crippen molar-refractivity contribution < 1.29 is 9.16 Å². The van der Waals surface area contributed by atoms with Gasteiger partial charge in [-0.2, -0.15) is 0 Å². The highest BCUT2D eigenvalue weighted by Gasteiger charge is 2.28. The van der Waals surface area contributed by atoms with E-state index >= 15 is 0 Å². The highest BCUT2D eigenvalue weighted by atomic mass is 28.4. The highest BCUT2D eigenvalue weighted by Crippen LogP contribution is 2.19. The van der Waals surface area contributed by atoms with E-state index < -0.39 is 8.32 Å². The van der Waals surface area contributed by atoms with Gasteiger partial charge in [0, 0.05) is 13.2 Å². The molecule has 1 heterocycles. The first-order valence-electron chi connectivity index (χ1n) is 5.84. The minimum Gasteiger partial charge on any atom is -0.410 e. The van der Waals surface area contributed by atoms with Crippen LogP contribution in [0.25, 0.3) is 0 Å². The van der Waals surface area contributed by atoms with Crippen LogP contribution >= 0.6 is 0 Å². The molecule has 1 unspecified atom stereocenters. The topological polar surface area (TPSA) is 21.7 Å². The Morgan fingerprint density at radius 1 is 1.38 bits per heavy atom. The van der Waals surface area contributed by atoms with Crippen LogP contribution in [0.2, 0.25) is 19.1 Å². The molecule has 1 saturated heterocycles. The van der Waals surface area contributed by atoms with E-state index in [0.717, 1.165) is 19.6 Å². The van der Waals surface area contributed by atoms with Crippen LogP contribution in [0.4, 0.5) is 0 Å². The van der Waals surface area contributed by atoms with Crippen molar-refractivity contribution in [1.82, 2.24) is 4.90 Å². The lowest BCUT2D eigenvalue weighted by atomic mass is 10.3. The number of hydrogen-bond acceptors (Lipinski definition) is 3. The summed E-state index contributed by atoms with van der Waals surface area (Å²) in [5.74, 6) is 0. The van der Waals surface area contributed by atoms with Gasteiger partial charge in [0.05, 0.1) is 12.7 Å². The van der Waals surface area contributed by atoms with Crippen LogP contribution in [0.5, 0.6) is 0 Å². The van der Waals surface area contributed by atoms with Crippen LogP contribution in [0.15, 0.2) is 25.6 Å². The minimum absolute atomic E-state index is 0.137. The first-order valence-corrected chi connectivity index (χ1v) is 8.95. The Bertz CT molecular complexity index is 235. The summed E-state index contributed by atoms with van der Waals surface area (Å²) in [5.41, 5.74) is 0. The van der Waals surface area contributed by atoms with Crippen LogP contribution in [-0.4, -0.2) is 39.1 Å². The summed E-state index contributed by atoms with van der Waals surface area (Å²) >= 11 is 0. The zero-order valence-electron chi connectivity index (χ0n) is 10.4. The van der Waals surface area contributed by atoms with Crippen LogP contribution in [-0.2, 0) is 9.16 Å². The molecule has 1 rings (SSSR count). The summed E-state index contributed by atoms with van der Waals surface area (Å²) in [6.45, 7) is 14.4. The number of hydrogen-bond donors (Lipinski definition) is 0. The van der Waals surface area contributed by atoms with E-state index in [9.17, 15) is 0 Å². The SMILES string of the molecule is C=CN(C=C)CC1COCCC[Si](C)(C)O1. The molecule has 0 radical (unpaired) electrons. The second-order valence-corrected chi connectivity index (χ2v) is 9.00. The van der Waals surface area contributed by atoms with E-state index in [1.165, 1.54) is 6.04 Å². The Hall–Kier alpha value is -0.583. The first-order chi connectivity index (χ1) is 7.57. The van der Waals surface area contributed by atoms with Crippen molar-refractivity contribution in [2.75, 3.05) is 19.8 Å². The van der Waals surface area contributed by atoms with E-state index in [2.05, 4.69) is 26.3 Å². The van der Waals surface area contributed by atoms with Crippen LogP contribution < -0.4 is 0 Å². The Balaban J connectivity index is 2.54. The van der Waals surface area contributed by atoms with E-state index in [-0.39, 0.29) is 6.10 Å². The van der Waals surface area contributed by atoms with E-state index in [1.807, 2.05) is 4.90 Å². The van der Waals surface area contributed by atoms with E-state index in [0.29, 0.717) is 6.61 Å². The van der Waals surface area contributed by atoms with Gasteiger partial charge in [0.25, 0.3) is 0 Å². The third-order valence-electron chi connectivity index (χ3n) is 2.74. The zero-order chi connectivity index (χ0) is 12.0. The Morgan fingerprint density at radius 2 is 2.06 bits per heavy atom. The number of rotatable bonds is 4. The summed E-state index contributed by atoms with van der Waals surface area (Å²) in [6, 6.07) is 1.17. The van der Waals surface area contributed by atoms with Crippen LogP contribution in [0.1, 0.15) is 6.42 Å². The highest BCUT2D eigenvalue weighted by molar-refractivity contribution is 6.71. The predicted octanol–water partition coefficient (Wildman–Crippen LogP) is 2.59. The summed E-state index contributed by atoms with van der Waals surface area (Å²) in [7, 11) is -1.50. The fourth-order valence-electron chi connectivity index (χ4n) is 1.91. The molecule has 1 atom stereocenters. The van der Waals surface area contributed by atoms with Gasteiger partial charge in [0.2, 0.25) is 0 Å². The first kappa shape index (κ1) is 13.5. The molecule has 0 aromatic rings. The average molecular weight is 241 g/mol. The Kier molecular flexibility index (Phi) is 5.25. The molecule has 0 spiro atoms. The Labute approximate surface area is 99.9 Å². The van der Waals surface area contributed by atoms with Gasteiger partial charge in [-0.1, -0.05) is 13.2 Å². The van der Waals surface area contributed by atoms with Gasteiger partial charge < -0.3 is 14.1 Å². The molecule has 1 aliphatic heterocycles. The average Bonchev–Trinajstić information content (AvgIpc) is 2.21. The largest absolute Gasteiger partial charge is 0.410 e. The van der Waals surface area contributed by atoms with Crippen molar-refractivity contribution in [3.63, 3.8) is 0 Å². The third kappa shape index (κ3) is 4.51. The van der Waals surface area contributed by atoms with Gasteiger partial charge in [-0.05, 0) is 38.0 Å². The molecule has 0 N–H and O–H groups in total. The maximum absolute atomic E-state index is 6.19. The maximum Gasteiger partial charge on any atom is 0.187 e. The van der Waals surface area contributed by atoms with Gasteiger partial charge in [-0.25, -0.2) is 0 Å². The standard InChI is InChI=1S/C12H23NO2Si/c1-5-13(6-2)10-12-11-14-8-7-9-16(3,4)15-12/h5-6,12H,1-2,7-11H2,3-4H3. The molecule has 1 fully saturated rings. The molecule has 0 bridgehead atoms. The van der Waals surface area contributed by atoms with E-state index in [4.69, 9.17) is 9.16 Å². The molecule has 3 nitrogen and oxygen atoms in total. The fraction of sp³-hybridized carbons (Fsp3) is 0.667. The zero-order valence-corrected chi connectivity index (χ0v) is 11.4. The predicted molar refractivity (Wildman–Crippen MR) is 69.7 cm³/mol. The summed E-state index contributed by atoms with van der Waals surface area (Å²) in [6.07, 6.45) is 4.80. The molecular formula is C12H23NO2Si. The van der Waals surface area contributed by atoms with Crippen molar-refractivity contribution in [2.45, 2.75) is 31.7 Å². The molecule has 92 valence electrons. The monoisotopic (exact) mass is 241 g/mol. The molecule has 0 aromatic carbocycles. The normalized spacial score (nSPS) is 25.2. The fourth-order valence-corrected chi connectivity index (χ4v) is 4.07. The molecule has 4 heteroatoms. The van der Waals surface area contributed by atoms with Crippen LogP contribution in [0.3, 0.4) is 0 Å². The van der Waals surface area contributed by atoms with Crippen molar-refractivity contribution in [3.05, 3.63) is 25.6 Å². The molecule has 0 aliphatic carbocycles. The summed E-state index contributed by atoms with van der Waals surface area (Å²) < 4.78 is 11.8. The second-order valence-electron chi connectivity index (χ2n) is 4.74. The number of nitrogens with zero attached hydrogens (tertiary/aromatic N) is 1. The summed E-state index contributed by atoms with van der Waals surface area (Å²) in [5, 5.41) is 0. The molecule has 0 amide bonds. The molecule has 16 heavy (non-hydrogen) atoms. The lowest BCUT2D eigenvalue weighted by molar-refractivity contribution is 0.0282. The number of ether oxygens (including phenoxy) is 1. The minimum atomic E-state index is -1.50. The third-order valence-corrected chi connectivity index (χ3v) is 5.27. The van der Waals surface area contributed by atoms with Crippen molar-refractivity contribution >= 4 is 8.32 Å². The summed E-state index contributed by atoms with van der Waals surface area (Å²) in [4.78, 5) is 1.94. The lowest BCUT2D eigenvalue weighted by Crippen LogP contribution is -2.43. The van der Waals surface area contributed by atoms with Gasteiger partial charge in [0.15, 0.2) is 8.32 Å². The van der Waals surface area contributed by atoms with Crippen molar-refractivity contribution in [3.8, 4) is 0 Å². The maximum atomic E-state index is 6.19. The van der Waals surface area contributed by atoms with Gasteiger partial charge in [-0.15, -0.1) is 0 Å². The quantitative estimate of drug-likeness (QED) is 0.706. The smallest absolute Gasteiger partial charge is 0.187 e. The molecule has 0 saturated carbocycles. The molecular weight excluding hydrogens is 218 g/mol. The van der Waals surface area contributed by atoms with Gasteiger partial charge >= 0.3 is 0 Å². The van der Waals surface area contributed by atoms with Crippen molar-refractivity contribution in [1.29, 1.82) is 0 Å². The second kappa shape index (κ2) is 6.23. The van der Waals surface area contributed by atoms with Crippen LogP contribution in [0, 0.1) is 0 Å². The van der Waals surface area contributed by atoms with Gasteiger partial charge in [-0.3, -0.25) is 0 Å². The van der Waals surface area contributed by atoms with Gasteiger partial charge in [0.1, 0.15) is 0 Å². The van der Waals surface area contributed by atoms with Crippen molar-refractivity contribution in [2.24, 2.45) is 0 Å². The molecule has 1 aliphatic rings. The lowest BCUT2D eigenvalue weighted by Gasteiger charge is -2.33. The van der Waals surface area contributed by atoms with E-state index in [1.54, 1.807) is 12.4 Å².